The second kappa shape index (κ2) is 9.34. The number of amides is 1. The first kappa shape index (κ1) is 16.5. The van der Waals surface area contributed by atoms with E-state index in [9.17, 15) is 4.79 Å². The Bertz CT molecular complexity index is 486. The third-order valence-electron chi connectivity index (χ3n) is 2.51. The minimum atomic E-state index is -0.226. The number of hydrogen-bond donors (Lipinski definition) is 2. The molecule has 0 bridgehead atoms. The van der Waals surface area contributed by atoms with Gasteiger partial charge in [-0.2, -0.15) is 5.26 Å². The van der Waals surface area contributed by atoms with E-state index in [0.29, 0.717) is 18.7 Å². The highest BCUT2D eigenvalue weighted by atomic mass is 79.9. The lowest BCUT2D eigenvalue weighted by atomic mass is 10.2. The molecule has 0 aliphatic rings. The van der Waals surface area contributed by atoms with Crippen LogP contribution in [0.25, 0.3) is 0 Å². The zero-order valence-corrected chi connectivity index (χ0v) is 13.0. The lowest BCUT2D eigenvalue weighted by Crippen LogP contribution is -2.29. The number of nitriles is 1. The molecule has 0 fully saturated rings. The Hall–Kier alpha value is -1.58. The lowest BCUT2D eigenvalue weighted by Gasteiger charge is -2.10. The van der Waals surface area contributed by atoms with Crippen LogP contribution in [-0.4, -0.2) is 25.6 Å². The molecule has 1 rings (SSSR count). The Morgan fingerprint density at radius 3 is 3.00 bits per heavy atom. The molecule has 0 aliphatic carbocycles. The fraction of sp³-hybridized carbons (Fsp3) is 0.429. The van der Waals surface area contributed by atoms with Crippen LogP contribution >= 0.6 is 15.9 Å². The van der Waals surface area contributed by atoms with Gasteiger partial charge in [-0.1, -0.05) is 22.9 Å². The molecular weight excluding hydrogens is 322 g/mol. The first-order valence-electron chi connectivity index (χ1n) is 6.43. The Balaban J connectivity index is 2.47. The van der Waals surface area contributed by atoms with Crippen molar-refractivity contribution in [2.75, 3.05) is 19.7 Å². The van der Waals surface area contributed by atoms with E-state index < -0.39 is 0 Å². The molecular formula is C14H18BrN3O2. The lowest BCUT2D eigenvalue weighted by molar-refractivity contribution is -0.123. The van der Waals surface area contributed by atoms with Gasteiger partial charge in [0.25, 0.3) is 5.91 Å². The summed E-state index contributed by atoms with van der Waals surface area (Å²) in [6.45, 7) is 3.97. The van der Waals surface area contributed by atoms with E-state index >= 15 is 0 Å². The van der Waals surface area contributed by atoms with Crippen LogP contribution in [-0.2, 0) is 11.3 Å². The molecule has 0 saturated heterocycles. The molecule has 1 amide bonds. The zero-order chi connectivity index (χ0) is 14.8. The molecule has 0 spiro atoms. The number of carbonyl (C=O) groups is 1. The molecule has 108 valence electrons. The molecule has 0 aliphatic heterocycles. The normalized spacial score (nSPS) is 9.85. The number of nitrogens with one attached hydrogen (secondary N) is 2. The second-order valence-corrected chi connectivity index (χ2v) is 4.93. The topological polar surface area (TPSA) is 74.2 Å². The van der Waals surface area contributed by atoms with Gasteiger partial charge in [0.1, 0.15) is 5.75 Å². The van der Waals surface area contributed by atoms with Gasteiger partial charge >= 0.3 is 0 Å². The summed E-state index contributed by atoms with van der Waals surface area (Å²) in [5.41, 5.74) is 1.08. The Labute approximate surface area is 127 Å². The van der Waals surface area contributed by atoms with E-state index in [1.807, 2.05) is 31.2 Å². The van der Waals surface area contributed by atoms with Gasteiger partial charge in [0.2, 0.25) is 0 Å². The maximum absolute atomic E-state index is 11.4. The summed E-state index contributed by atoms with van der Waals surface area (Å²) in [6.07, 6.45) is 0.302. The highest BCUT2D eigenvalue weighted by Crippen LogP contribution is 2.22. The quantitative estimate of drug-likeness (QED) is 0.710. The molecule has 0 heterocycles. The largest absolute Gasteiger partial charge is 0.484 e. The van der Waals surface area contributed by atoms with Crippen molar-refractivity contribution in [3.63, 3.8) is 0 Å². The molecule has 1 aromatic carbocycles. The molecule has 5 nitrogen and oxygen atoms in total. The molecule has 0 aromatic heterocycles. The van der Waals surface area contributed by atoms with Crippen molar-refractivity contribution in [1.82, 2.24) is 10.6 Å². The van der Waals surface area contributed by atoms with E-state index in [-0.39, 0.29) is 12.5 Å². The minimum Gasteiger partial charge on any atom is -0.484 e. The molecule has 0 saturated carbocycles. The number of hydrogen-bond acceptors (Lipinski definition) is 4. The summed E-state index contributed by atoms with van der Waals surface area (Å²) in [6, 6.07) is 7.57. The van der Waals surface area contributed by atoms with E-state index in [0.717, 1.165) is 23.1 Å². The highest BCUT2D eigenvalue weighted by molar-refractivity contribution is 9.10. The first-order chi connectivity index (χ1) is 9.67. The van der Waals surface area contributed by atoms with Gasteiger partial charge in [0, 0.05) is 17.6 Å². The van der Waals surface area contributed by atoms with Gasteiger partial charge < -0.3 is 15.4 Å². The predicted octanol–water partition coefficient (Wildman–Crippen LogP) is 1.97. The summed E-state index contributed by atoms with van der Waals surface area (Å²) >= 11 is 3.48. The van der Waals surface area contributed by atoms with Crippen LogP contribution in [0, 0.1) is 11.3 Å². The SMILES string of the molecule is CCNCc1cc(OCC(=O)NCCC#N)ccc1Br. The van der Waals surface area contributed by atoms with Crippen LogP contribution in [0.15, 0.2) is 22.7 Å². The fourth-order valence-electron chi connectivity index (χ4n) is 1.49. The Kier molecular flexibility index (Phi) is 7.70. The van der Waals surface area contributed by atoms with Gasteiger partial charge in [-0.05, 0) is 30.3 Å². The Morgan fingerprint density at radius 1 is 1.50 bits per heavy atom. The van der Waals surface area contributed by atoms with Crippen molar-refractivity contribution in [2.24, 2.45) is 0 Å². The van der Waals surface area contributed by atoms with Crippen LogP contribution in [0.3, 0.4) is 0 Å². The summed E-state index contributed by atoms with van der Waals surface area (Å²) in [7, 11) is 0. The maximum Gasteiger partial charge on any atom is 0.257 e. The summed E-state index contributed by atoms with van der Waals surface area (Å²) in [4.78, 5) is 11.4. The van der Waals surface area contributed by atoms with Gasteiger partial charge in [-0.25, -0.2) is 0 Å². The smallest absolute Gasteiger partial charge is 0.257 e. The maximum atomic E-state index is 11.4. The van der Waals surface area contributed by atoms with E-state index in [1.165, 1.54) is 0 Å². The summed E-state index contributed by atoms with van der Waals surface area (Å²) in [5, 5.41) is 14.2. The third-order valence-corrected chi connectivity index (χ3v) is 3.29. The van der Waals surface area contributed by atoms with Crippen molar-refractivity contribution < 1.29 is 9.53 Å². The standard InChI is InChI=1S/C14H18BrN3O2/c1-2-17-9-11-8-12(4-5-13(11)15)20-10-14(19)18-7-3-6-16/h4-5,8,17H,2-3,7,9-10H2,1H3,(H,18,19). The summed E-state index contributed by atoms with van der Waals surface area (Å²) < 4.78 is 6.43. The van der Waals surface area contributed by atoms with Crippen molar-refractivity contribution >= 4 is 21.8 Å². The van der Waals surface area contributed by atoms with E-state index in [2.05, 4.69) is 26.6 Å². The average molecular weight is 340 g/mol. The van der Waals surface area contributed by atoms with E-state index in [4.69, 9.17) is 10.00 Å². The Morgan fingerprint density at radius 2 is 2.30 bits per heavy atom. The van der Waals surface area contributed by atoms with Crippen molar-refractivity contribution in [3.8, 4) is 11.8 Å². The van der Waals surface area contributed by atoms with Crippen LogP contribution in [0.2, 0.25) is 0 Å². The highest BCUT2D eigenvalue weighted by Gasteiger charge is 2.05. The van der Waals surface area contributed by atoms with Gasteiger partial charge in [-0.3, -0.25) is 4.79 Å². The number of ether oxygens (including phenoxy) is 1. The molecule has 20 heavy (non-hydrogen) atoms. The molecule has 0 radical (unpaired) electrons. The van der Waals surface area contributed by atoms with Gasteiger partial charge in [0.15, 0.2) is 6.61 Å². The van der Waals surface area contributed by atoms with Gasteiger partial charge in [0.05, 0.1) is 12.5 Å². The number of halogens is 1. The number of carbonyl (C=O) groups excluding carboxylic acids is 1. The van der Waals surface area contributed by atoms with Crippen LogP contribution in [0.1, 0.15) is 18.9 Å². The average Bonchev–Trinajstić information content (AvgIpc) is 2.45. The first-order valence-corrected chi connectivity index (χ1v) is 7.22. The molecule has 0 unspecified atom stereocenters. The number of benzene rings is 1. The third kappa shape index (κ3) is 6.04. The van der Waals surface area contributed by atoms with Crippen molar-refractivity contribution in [3.05, 3.63) is 28.2 Å². The van der Waals surface area contributed by atoms with E-state index in [1.54, 1.807) is 0 Å². The zero-order valence-electron chi connectivity index (χ0n) is 11.4. The number of nitrogens with zero attached hydrogens (tertiary/aromatic N) is 1. The van der Waals surface area contributed by atoms with Crippen LogP contribution in [0.4, 0.5) is 0 Å². The molecule has 0 atom stereocenters. The van der Waals surface area contributed by atoms with Gasteiger partial charge in [-0.15, -0.1) is 0 Å². The summed E-state index contributed by atoms with van der Waals surface area (Å²) in [5.74, 6) is 0.424. The molecule has 2 N–H and O–H groups in total. The predicted molar refractivity (Wildman–Crippen MR) is 80.3 cm³/mol. The van der Waals surface area contributed by atoms with Crippen molar-refractivity contribution in [1.29, 1.82) is 5.26 Å². The monoisotopic (exact) mass is 339 g/mol. The second-order valence-electron chi connectivity index (χ2n) is 4.08. The van der Waals surface area contributed by atoms with Crippen LogP contribution in [0.5, 0.6) is 5.75 Å². The van der Waals surface area contributed by atoms with Crippen LogP contribution < -0.4 is 15.4 Å². The molecule has 1 aromatic rings. The minimum absolute atomic E-state index is 0.0479. The van der Waals surface area contributed by atoms with Crippen molar-refractivity contribution in [2.45, 2.75) is 19.9 Å². The molecule has 6 heteroatoms. The fourth-order valence-corrected chi connectivity index (χ4v) is 1.88. The number of rotatable bonds is 8.